The second-order valence-corrected chi connectivity index (χ2v) is 5.64. The number of rotatable bonds is 4. The molecular weight excluding hydrogens is 290 g/mol. The molecule has 3 rings (SSSR count). The SMILES string of the molecule is Cc1cccc(NCC(=O)N2CCc3ccccc32)c1C(N)=O. The van der Waals surface area contributed by atoms with Gasteiger partial charge < -0.3 is 16.0 Å². The van der Waals surface area contributed by atoms with Crippen LogP contribution in [0, 0.1) is 6.92 Å². The summed E-state index contributed by atoms with van der Waals surface area (Å²) in [6.07, 6.45) is 0.874. The lowest BCUT2D eigenvalue weighted by molar-refractivity contribution is -0.116. The molecule has 1 aliphatic rings. The predicted molar refractivity (Wildman–Crippen MR) is 90.7 cm³/mol. The molecule has 5 heteroatoms. The first-order chi connectivity index (χ1) is 11.1. The fourth-order valence-corrected chi connectivity index (χ4v) is 3.01. The molecule has 1 heterocycles. The Labute approximate surface area is 135 Å². The van der Waals surface area contributed by atoms with E-state index in [1.54, 1.807) is 11.0 Å². The minimum absolute atomic E-state index is 0.0214. The van der Waals surface area contributed by atoms with E-state index in [2.05, 4.69) is 5.32 Å². The summed E-state index contributed by atoms with van der Waals surface area (Å²) in [6.45, 7) is 2.64. The highest BCUT2D eigenvalue weighted by atomic mass is 16.2. The van der Waals surface area contributed by atoms with Crippen molar-refractivity contribution in [2.75, 3.05) is 23.3 Å². The Morgan fingerprint density at radius 2 is 1.96 bits per heavy atom. The molecule has 0 saturated carbocycles. The van der Waals surface area contributed by atoms with Gasteiger partial charge in [0, 0.05) is 17.9 Å². The molecule has 2 amide bonds. The maximum atomic E-state index is 12.5. The molecule has 0 atom stereocenters. The molecule has 0 fully saturated rings. The van der Waals surface area contributed by atoms with Crippen molar-refractivity contribution >= 4 is 23.2 Å². The molecule has 23 heavy (non-hydrogen) atoms. The van der Waals surface area contributed by atoms with Gasteiger partial charge in [0.1, 0.15) is 0 Å². The molecule has 2 aromatic carbocycles. The van der Waals surface area contributed by atoms with Crippen molar-refractivity contribution in [3.8, 4) is 0 Å². The van der Waals surface area contributed by atoms with Crippen LogP contribution in [0.2, 0.25) is 0 Å². The summed E-state index contributed by atoms with van der Waals surface area (Å²) >= 11 is 0. The summed E-state index contributed by atoms with van der Waals surface area (Å²) in [4.78, 5) is 25.9. The Bertz CT molecular complexity index is 771. The van der Waals surface area contributed by atoms with Crippen LogP contribution < -0.4 is 16.0 Å². The molecule has 0 aromatic heterocycles. The van der Waals surface area contributed by atoms with Crippen LogP contribution in [0.25, 0.3) is 0 Å². The van der Waals surface area contributed by atoms with Gasteiger partial charge in [0.2, 0.25) is 5.91 Å². The summed E-state index contributed by atoms with van der Waals surface area (Å²) in [5.74, 6) is -0.517. The van der Waals surface area contributed by atoms with E-state index < -0.39 is 5.91 Å². The Hall–Kier alpha value is -2.82. The van der Waals surface area contributed by atoms with E-state index >= 15 is 0 Å². The van der Waals surface area contributed by atoms with E-state index in [0.717, 1.165) is 17.7 Å². The maximum absolute atomic E-state index is 12.5. The van der Waals surface area contributed by atoms with E-state index in [-0.39, 0.29) is 12.5 Å². The second kappa shape index (κ2) is 6.12. The zero-order chi connectivity index (χ0) is 16.4. The highest BCUT2D eigenvalue weighted by Crippen LogP contribution is 2.27. The number of carbonyl (C=O) groups is 2. The smallest absolute Gasteiger partial charge is 0.251 e. The van der Waals surface area contributed by atoms with Crippen molar-refractivity contribution in [1.82, 2.24) is 0 Å². The summed E-state index contributed by atoms with van der Waals surface area (Å²) in [5.41, 5.74) is 9.41. The monoisotopic (exact) mass is 309 g/mol. The lowest BCUT2D eigenvalue weighted by Gasteiger charge is -2.19. The fraction of sp³-hybridized carbons (Fsp3) is 0.222. The van der Waals surface area contributed by atoms with E-state index in [1.165, 1.54) is 5.56 Å². The number of primary amides is 1. The van der Waals surface area contributed by atoms with Gasteiger partial charge in [-0.05, 0) is 36.6 Å². The molecule has 118 valence electrons. The molecule has 3 N–H and O–H groups in total. The van der Waals surface area contributed by atoms with Crippen LogP contribution in [-0.2, 0) is 11.2 Å². The van der Waals surface area contributed by atoms with Gasteiger partial charge in [-0.15, -0.1) is 0 Å². The summed E-state index contributed by atoms with van der Waals surface area (Å²) in [6, 6.07) is 13.3. The van der Waals surface area contributed by atoms with Gasteiger partial charge in [-0.2, -0.15) is 0 Å². The molecule has 0 aliphatic carbocycles. The highest BCUT2D eigenvalue weighted by Gasteiger charge is 2.24. The first-order valence-corrected chi connectivity index (χ1v) is 7.59. The molecule has 0 bridgehead atoms. The number of anilines is 2. The second-order valence-electron chi connectivity index (χ2n) is 5.64. The van der Waals surface area contributed by atoms with Gasteiger partial charge in [-0.1, -0.05) is 30.3 Å². The Kier molecular flexibility index (Phi) is 4.02. The van der Waals surface area contributed by atoms with Crippen molar-refractivity contribution in [1.29, 1.82) is 0 Å². The average Bonchev–Trinajstić information content (AvgIpc) is 2.96. The van der Waals surface area contributed by atoms with Crippen LogP contribution in [0.5, 0.6) is 0 Å². The van der Waals surface area contributed by atoms with Crippen molar-refractivity contribution in [2.45, 2.75) is 13.3 Å². The zero-order valence-corrected chi connectivity index (χ0v) is 13.0. The number of para-hydroxylation sites is 1. The largest absolute Gasteiger partial charge is 0.375 e. The fourth-order valence-electron chi connectivity index (χ4n) is 3.01. The third-order valence-corrected chi connectivity index (χ3v) is 4.14. The predicted octanol–water partition coefficient (Wildman–Crippen LogP) is 2.10. The van der Waals surface area contributed by atoms with Crippen molar-refractivity contribution in [3.05, 3.63) is 59.2 Å². The summed E-state index contributed by atoms with van der Waals surface area (Å²) < 4.78 is 0. The number of fused-ring (bicyclic) bond motifs is 1. The first kappa shape index (κ1) is 15.1. The number of hydrogen-bond acceptors (Lipinski definition) is 3. The maximum Gasteiger partial charge on any atom is 0.251 e. The standard InChI is InChI=1S/C18H19N3O2/c1-12-5-4-7-14(17(12)18(19)23)20-11-16(22)21-10-9-13-6-2-3-8-15(13)21/h2-8,20H,9-11H2,1H3,(H2,19,23). The number of aryl methyl sites for hydroxylation is 1. The van der Waals surface area contributed by atoms with Crippen LogP contribution in [0.15, 0.2) is 42.5 Å². The Balaban J connectivity index is 1.74. The Morgan fingerprint density at radius 1 is 1.17 bits per heavy atom. The molecule has 5 nitrogen and oxygen atoms in total. The van der Waals surface area contributed by atoms with Crippen LogP contribution in [-0.4, -0.2) is 24.9 Å². The molecule has 0 unspecified atom stereocenters. The van der Waals surface area contributed by atoms with Gasteiger partial charge in [0.05, 0.1) is 12.1 Å². The zero-order valence-electron chi connectivity index (χ0n) is 13.0. The molecular formula is C18H19N3O2. The third kappa shape index (κ3) is 2.90. The minimum atomic E-state index is -0.496. The number of carbonyl (C=O) groups excluding carboxylic acids is 2. The molecule has 0 radical (unpaired) electrons. The van der Waals surface area contributed by atoms with Crippen LogP contribution in [0.4, 0.5) is 11.4 Å². The number of nitrogens with one attached hydrogen (secondary N) is 1. The normalized spacial score (nSPS) is 12.8. The van der Waals surface area contributed by atoms with Gasteiger partial charge in [0.25, 0.3) is 5.91 Å². The lowest BCUT2D eigenvalue weighted by Crippen LogP contribution is -2.34. The third-order valence-electron chi connectivity index (χ3n) is 4.14. The highest BCUT2D eigenvalue weighted by molar-refractivity contribution is 6.02. The molecule has 0 spiro atoms. The summed E-state index contributed by atoms with van der Waals surface area (Å²) in [7, 11) is 0. The lowest BCUT2D eigenvalue weighted by atomic mass is 10.1. The number of amides is 2. The van der Waals surface area contributed by atoms with E-state index in [1.807, 2.05) is 43.3 Å². The number of nitrogens with two attached hydrogens (primary N) is 1. The van der Waals surface area contributed by atoms with Crippen molar-refractivity contribution in [3.63, 3.8) is 0 Å². The quantitative estimate of drug-likeness (QED) is 0.908. The van der Waals surface area contributed by atoms with Crippen molar-refractivity contribution < 1.29 is 9.59 Å². The molecule has 1 aliphatic heterocycles. The van der Waals surface area contributed by atoms with Gasteiger partial charge in [-0.25, -0.2) is 0 Å². The van der Waals surface area contributed by atoms with Gasteiger partial charge in [0.15, 0.2) is 0 Å². The van der Waals surface area contributed by atoms with E-state index in [0.29, 0.717) is 17.8 Å². The summed E-state index contributed by atoms with van der Waals surface area (Å²) in [5, 5.41) is 3.05. The molecule has 2 aromatic rings. The van der Waals surface area contributed by atoms with Crippen LogP contribution in [0.1, 0.15) is 21.5 Å². The van der Waals surface area contributed by atoms with Gasteiger partial charge >= 0.3 is 0 Å². The van der Waals surface area contributed by atoms with Crippen molar-refractivity contribution in [2.24, 2.45) is 5.73 Å². The number of nitrogens with zero attached hydrogens (tertiary/aromatic N) is 1. The topological polar surface area (TPSA) is 75.4 Å². The average molecular weight is 309 g/mol. The Morgan fingerprint density at radius 3 is 2.74 bits per heavy atom. The minimum Gasteiger partial charge on any atom is -0.375 e. The number of benzene rings is 2. The van der Waals surface area contributed by atoms with E-state index in [9.17, 15) is 9.59 Å². The van der Waals surface area contributed by atoms with Crippen LogP contribution >= 0.6 is 0 Å². The number of hydrogen-bond donors (Lipinski definition) is 2. The van der Waals surface area contributed by atoms with Crippen LogP contribution in [0.3, 0.4) is 0 Å². The van der Waals surface area contributed by atoms with Gasteiger partial charge in [-0.3, -0.25) is 9.59 Å². The molecule has 0 saturated heterocycles. The van der Waals surface area contributed by atoms with E-state index in [4.69, 9.17) is 5.73 Å². The first-order valence-electron chi connectivity index (χ1n) is 7.59.